The van der Waals surface area contributed by atoms with E-state index in [0.29, 0.717) is 12.8 Å². The van der Waals surface area contributed by atoms with Gasteiger partial charge in [-0.25, -0.2) is 19.4 Å². The van der Waals surface area contributed by atoms with Crippen molar-refractivity contribution in [2.75, 3.05) is 25.4 Å². The van der Waals surface area contributed by atoms with Crippen molar-refractivity contribution < 1.29 is 33.4 Å². The van der Waals surface area contributed by atoms with Gasteiger partial charge in [0.15, 0.2) is 6.23 Å². The monoisotopic (exact) mass is 726 g/mol. The number of para-hydroxylation sites is 1. The Hall–Kier alpha value is -4.17. The Labute approximate surface area is 299 Å². The molecule has 2 unspecified atom stereocenters. The number of amides is 1. The summed E-state index contributed by atoms with van der Waals surface area (Å²) in [5, 5.41) is 26.6. The van der Waals surface area contributed by atoms with Crippen LogP contribution in [0.25, 0.3) is 0 Å². The lowest BCUT2D eigenvalue weighted by molar-refractivity contribution is -0.121. The first-order chi connectivity index (χ1) is 24.7. The van der Waals surface area contributed by atoms with Crippen molar-refractivity contribution in [3.63, 3.8) is 0 Å². The second-order valence-corrected chi connectivity index (χ2v) is 13.3. The Morgan fingerprint density at radius 2 is 1.59 bits per heavy atom. The van der Waals surface area contributed by atoms with E-state index in [1.807, 2.05) is 0 Å². The van der Waals surface area contributed by atoms with E-state index in [9.17, 15) is 24.4 Å². The van der Waals surface area contributed by atoms with Gasteiger partial charge in [-0.1, -0.05) is 85.9 Å². The van der Waals surface area contributed by atoms with Crippen molar-refractivity contribution in [1.82, 2.24) is 24.9 Å². The van der Waals surface area contributed by atoms with E-state index in [-0.39, 0.29) is 30.7 Å². The molecule has 0 bridgehead atoms. The standard InChI is InChI=1S/C36H51N6O8P/c1-2-3-4-5-6-7-8-9-10-11-12-13-14-15-16-17-21-24-31(43)38-25-26-40-51(47,50-29-22-19-18-20-23-29)48-27-30-32(44)33(45)34(49-30)42-28-39-35(37)41-36(42)46/h3-4,6-7,9-10,12-13,15-16,18-20,22-23,28,30,32-34,44-45H,2,5,8,11,14,17,21,24-27H2,1H3,(H,38,43)(H,40,47)(H2,37,41,46)/b4-3-,7-6-,10-9-,13-12-,16-15-/t30-,32-,33-,34?,51?/m1/s1. The Morgan fingerprint density at radius 3 is 2.22 bits per heavy atom. The molecule has 14 nitrogen and oxygen atoms in total. The maximum atomic E-state index is 13.7. The fourth-order valence-electron chi connectivity index (χ4n) is 4.75. The lowest BCUT2D eigenvalue weighted by Gasteiger charge is -2.22. The molecule has 1 saturated heterocycles. The maximum Gasteiger partial charge on any atom is 0.458 e. The molecule has 1 aliphatic heterocycles. The number of carbonyl (C=O) groups is 1. The molecule has 2 aromatic rings. The number of nitrogen functional groups attached to an aromatic ring is 1. The Balaban J connectivity index is 1.35. The van der Waals surface area contributed by atoms with Gasteiger partial charge in [-0.05, 0) is 57.1 Å². The Kier molecular flexibility index (Phi) is 18.9. The third kappa shape index (κ3) is 15.7. The SMILES string of the molecule is CC/C=C\C/C=C\C/C=C\C/C=C\C/C=C\CCCC(=O)NCCNP(=O)(OC[C@H]1OC(n2cnc(N)nc2=O)[C@H](O)[C@@H]1O)Oc1ccccc1. The largest absolute Gasteiger partial charge is 0.458 e. The van der Waals surface area contributed by atoms with Crippen LogP contribution in [0.5, 0.6) is 5.75 Å². The Morgan fingerprint density at radius 1 is 0.961 bits per heavy atom. The van der Waals surface area contributed by atoms with Gasteiger partial charge in [-0.15, -0.1) is 0 Å². The van der Waals surface area contributed by atoms with E-state index in [4.69, 9.17) is 19.5 Å². The normalized spacial score (nSPS) is 20.7. The van der Waals surface area contributed by atoms with Gasteiger partial charge in [0, 0.05) is 19.5 Å². The second kappa shape index (κ2) is 23.3. The summed E-state index contributed by atoms with van der Waals surface area (Å²) in [7, 11) is -4.07. The summed E-state index contributed by atoms with van der Waals surface area (Å²) in [6.45, 7) is 1.85. The van der Waals surface area contributed by atoms with Crippen LogP contribution in [0.3, 0.4) is 0 Å². The van der Waals surface area contributed by atoms with Gasteiger partial charge in [-0.2, -0.15) is 4.98 Å². The van der Waals surface area contributed by atoms with Gasteiger partial charge in [0.05, 0.1) is 6.61 Å². The van der Waals surface area contributed by atoms with E-state index in [2.05, 4.69) is 88.1 Å². The smallest absolute Gasteiger partial charge is 0.413 e. The predicted molar refractivity (Wildman–Crippen MR) is 197 cm³/mol. The van der Waals surface area contributed by atoms with Crippen LogP contribution in [0.1, 0.15) is 64.5 Å². The van der Waals surface area contributed by atoms with Crippen molar-refractivity contribution in [1.29, 1.82) is 0 Å². The minimum absolute atomic E-state index is 0.0438. The summed E-state index contributed by atoms with van der Waals surface area (Å²) in [5.74, 6) is -0.149. The van der Waals surface area contributed by atoms with E-state index < -0.39 is 44.6 Å². The van der Waals surface area contributed by atoms with Crippen LogP contribution in [-0.4, -0.2) is 68.7 Å². The van der Waals surface area contributed by atoms with Crippen molar-refractivity contribution in [3.05, 3.63) is 108 Å². The predicted octanol–water partition coefficient (Wildman–Crippen LogP) is 4.67. The van der Waals surface area contributed by atoms with Crippen LogP contribution in [0, 0.1) is 0 Å². The number of nitrogens with zero attached hydrogens (tertiary/aromatic N) is 3. The van der Waals surface area contributed by atoms with E-state index in [1.54, 1.807) is 30.3 Å². The zero-order valence-corrected chi connectivity index (χ0v) is 29.9. The fourth-order valence-corrected chi connectivity index (χ4v) is 6.09. The van der Waals surface area contributed by atoms with E-state index in [0.717, 1.165) is 49.4 Å². The quantitative estimate of drug-likeness (QED) is 0.0603. The third-order valence-electron chi connectivity index (χ3n) is 7.42. The average Bonchev–Trinajstić information content (AvgIpc) is 3.39. The number of anilines is 1. The molecule has 2 heterocycles. The summed E-state index contributed by atoms with van der Waals surface area (Å²) in [5.41, 5.74) is 4.59. The molecule has 0 spiro atoms. The molecule has 6 N–H and O–H groups in total. The highest BCUT2D eigenvalue weighted by molar-refractivity contribution is 7.52. The van der Waals surface area contributed by atoms with Gasteiger partial charge in [0.25, 0.3) is 0 Å². The van der Waals surface area contributed by atoms with Crippen molar-refractivity contribution in [2.24, 2.45) is 0 Å². The third-order valence-corrected chi connectivity index (χ3v) is 8.97. The molecule has 3 rings (SSSR count). The lowest BCUT2D eigenvalue weighted by Crippen LogP contribution is -2.37. The maximum absolute atomic E-state index is 13.7. The van der Waals surface area contributed by atoms with Crippen LogP contribution >= 0.6 is 7.75 Å². The van der Waals surface area contributed by atoms with Gasteiger partial charge < -0.3 is 30.5 Å². The highest BCUT2D eigenvalue weighted by Gasteiger charge is 2.45. The molecule has 15 heteroatoms. The number of rotatable bonds is 23. The van der Waals surface area contributed by atoms with Crippen LogP contribution in [0.15, 0.2) is 102 Å². The van der Waals surface area contributed by atoms with Crippen LogP contribution in [-0.2, 0) is 18.6 Å². The van der Waals surface area contributed by atoms with Crippen LogP contribution in [0.4, 0.5) is 5.95 Å². The number of hydrogen-bond acceptors (Lipinski definition) is 11. The van der Waals surface area contributed by atoms with Crippen molar-refractivity contribution in [3.8, 4) is 5.75 Å². The Bertz CT molecular complexity index is 1580. The zero-order valence-electron chi connectivity index (χ0n) is 29.0. The molecule has 0 aliphatic carbocycles. The molecule has 51 heavy (non-hydrogen) atoms. The second-order valence-electron chi connectivity index (χ2n) is 11.5. The van der Waals surface area contributed by atoms with Crippen LogP contribution in [0.2, 0.25) is 0 Å². The molecule has 1 aromatic heterocycles. The molecule has 1 aliphatic rings. The first-order valence-electron chi connectivity index (χ1n) is 17.2. The van der Waals surface area contributed by atoms with E-state index >= 15 is 0 Å². The summed E-state index contributed by atoms with van der Waals surface area (Å²) in [6.07, 6.45) is 23.5. The van der Waals surface area contributed by atoms with Gasteiger partial charge in [0.1, 0.15) is 30.4 Å². The number of aromatic nitrogens is 3. The number of aliphatic hydroxyl groups excluding tert-OH is 2. The zero-order chi connectivity index (χ0) is 36.7. The molecule has 1 fully saturated rings. The van der Waals surface area contributed by atoms with Gasteiger partial charge in [-0.3, -0.25) is 13.9 Å². The minimum atomic E-state index is -4.07. The first-order valence-corrected chi connectivity index (χ1v) is 18.7. The number of allylic oxidation sites excluding steroid dienone is 10. The topological polar surface area (TPSA) is 200 Å². The molecule has 1 amide bonds. The minimum Gasteiger partial charge on any atom is -0.413 e. The van der Waals surface area contributed by atoms with Crippen molar-refractivity contribution >= 4 is 19.6 Å². The van der Waals surface area contributed by atoms with Gasteiger partial charge in [0.2, 0.25) is 11.9 Å². The summed E-state index contributed by atoms with van der Waals surface area (Å²) in [6, 6.07) is 8.32. The number of benzene rings is 1. The molecule has 278 valence electrons. The molecular weight excluding hydrogens is 675 g/mol. The summed E-state index contributed by atoms with van der Waals surface area (Å²) in [4.78, 5) is 31.8. The molecule has 0 saturated carbocycles. The van der Waals surface area contributed by atoms with Crippen LogP contribution < -0.4 is 26.4 Å². The van der Waals surface area contributed by atoms with E-state index in [1.165, 1.54) is 0 Å². The molecular formula is C36H51N6O8P. The van der Waals surface area contributed by atoms with Crippen molar-refractivity contribution in [2.45, 2.75) is 82.8 Å². The lowest BCUT2D eigenvalue weighted by atomic mass is 10.1. The highest BCUT2D eigenvalue weighted by atomic mass is 31.2. The number of ether oxygens (including phenoxy) is 1. The fraction of sp³-hybridized carbons (Fsp3) is 0.444. The van der Waals surface area contributed by atoms with Gasteiger partial charge >= 0.3 is 13.4 Å². The molecule has 0 radical (unpaired) electrons. The molecule has 5 atom stereocenters. The average molecular weight is 727 g/mol. The number of nitrogens with two attached hydrogens (primary N) is 1. The first kappa shape index (κ1) is 41.3. The highest BCUT2D eigenvalue weighted by Crippen LogP contribution is 2.45. The summed E-state index contributed by atoms with van der Waals surface area (Å²) >= 11 is 0. The number of unbranched alkanes of at least 4 members (excludes halogenated alkanes) is 1. The summed E-state index contributed by atoms with van der Waals surface area (Å²) < 4.78 is 31.5. The number of aliphatic hydroxyl groups is 2. The number of hydrogen-bond donors (Lipinski definition) is 5. The molecule has 1 aromatic carbocycles. The number of nitrogens with one attached hydrogen (secondary N) is 2. The number of carbonyl (C=O) groups excluding carboxylic acids is 1.